The Morgan fingerprint density at radius 1 is 0.866 bits per heavy atom. The highest BCUT2D eigenvalue weighted by atomic mass is 16.6. The van der Waals surface area contributed by atoms with Crippen molar-refractivity contribution < 1.29 is 63.0 Å². The number of fused-ring (bicyclic) bond motifs is 3. The molecule has 14 nitrogen and oxygen atoms in total. The third-order valence-electron chi connectivity index (χ3n) is 14.9. The van der Waals surface area contributed by atoms with E-state index in [9.17, 15) is 39.3 Å². The topological polar surface area (TPSA) is 195 Å². The lowest BCUT2D eigenvalue weighted by Gasteiger charge is -2.44. The molecule has 0 radical (unpaired) electrons. The van der Waals surface area contributed by atoms with Gasteiger partial charge in [-0.3, -0.25) is 19.2 Å². The third kappa shape index (κ3) is 15.1. The number of ketones is 3. The van der Waals surface area contributed by atoms with Crippen molar-refractivity contribution in [2.24, 2.45) is 35.5 Å². The standard InChI is InChI=1S/C53H83NO13/c1-11-17-39-22-23-40-30-44(63-8)33(3)19-14-12-13-18-32(2)26-36(6)47(57)49(65-10)48(58)37(7)27-34(4)43(56)31-45(35(5)28-38-21-24-42(55)46(29-38)64-9)66-52(61)41-20-15-16-25-54(41)51(60)50(59)53(39,62)67-40/h12-14,18-19,27,32,34-36,38-42,44-46,48-49,55,58,62H,11,15-17,20-26,28-31H2,1-10H3/b14-12+,18-13+,33-19+,37-27+/t32-,34-,35-,36-,38+,39-,40+,41+,42-,44+,45+,46-,48-,49+,53-/m1/s1. The van der Waals surface area contributed by atoms with E-state index < -0.39 is 83.9 Å². The average molecular weight is 942 g/mol. The Morgan fingerprint density at radius 2 is 1.60 bits per heavy atom. The largest absolute Gasteiger partial charge is 0.460 e. The molecule has 1 aliphatic carbocycles. The monoisotopic (exact) mass is 942 g/mol. The normalized spacial score (nSPS) is 39.6. The number of allylic oxidation sites excluding steroid dienone is 6. The van der Waals surface area contributed by atoms with Crippen LogP contribution in [0.3, 0.4) is 0 Å². The van der Waals surface area contributed by atoms with Crippen molar-refractivity contribution in [3.8, 4) is 0 Å². The summed E-state index contributed by atoms with van der Waals surface area (Å²) in [7, 11) is 4.54. The highest BCUT2D eigenvalue weighted by Crippen LogP contribution is 2.40. The lowest BCUT2D eigenvalue weighted by Crippen LogP contribution is -2.61. The van der Waals surface area contributed by atoms with E-state index in [-0.39, 0.29) is 54.8 Å². The SMILES string of the molecule is CCC[C@@H]1CC[C@H]2C[C@H](OC)/C(C)=C/C=C/C=C/[C@@H](C)C[C@@H](C)C(=O)[C@H](OC)[C@H](O)/C(C)=C/[C@@H](C)C(=O)C[C@@H]([C@H](C)C[C@@H]3CC[C@@H](O)[C@H](OC)C3)OC(=O)[C@@H]3CCCCN3C(=O)C(=O)[C@]1(O)O2. The molecular weight excluding hydrogens is 859 g/mol. The Bertz CT molecular complexity index is 1790. The molecule has 0 unspecified atom stereocenters. The Labute approximate surface area is 399 Å². The van der Waals surface area contributed by atoms with Crippen molar-refractivity contribution in [3.05, 3.63) is 47.6 Å². The summed E-state index contributed by atoms with van der Waals surface area (Å²) in [6, 6.07) is -1.14. The number of aliphatic hydroxyl groups is 3. The number of carbonyl (C=O) groups excluding carboxylic acids is 5. The molecule has 3 heterocycles. The summed E-state index contributed by atoms with van der Waals surface area (Å²) < 4.78 is 29.6. The van der Waals surface area contributed by atoms with Gasteiger partial charge < -0.3 is 43.9 Å². The van der Waals surface area contributed by atoms with Crippen LogP contribution in [-0.4, -0.2) is 132 Å². The molecule has 3 fully saturated rings. The molecule has 1 saturated carbocycles. The molecule has 15 atom stereocenters. The van der Waals surface area contributed by atoms with Crippen LogP contribution in [0.15, 0.2) is 47.6 Å². The number of aliphatic hydroxyl groups excluding tert-OH is 2. The van der Waals surface area contributed by atoms with Gasteiger partial charge in [0.2, 0.25) is 5.79 Å². The number of cyclic esters (lactones) is 1. The number of carbonyl (C=O) groups is 5. The number of ether oxygens (including phenoxy) is 5. The van der Waals surface area contributed by atoms with Gasteiger partial charge in [0.15, 0.2) is 5.78 Å². The maximum atomic E-state index is 14.5. The van der Waals surface area contributed by atoms with Crippen molar-refractivity contribution in [2.45, 2.75) is 193 Å². The molecule has 0 aromatic carbocycles. The smallest absolute Gasteiger partial charge is 0.329 e. The van der Waals surface area contributed by atoms with Crippen LogP contribution in [0.5, 0.6) is 0 Å². The number of hydrogen-bond acceptors (Lipinski definition) is 13. The number of methoxy groups -OCH3 is 3. The van der Waals surface area contributed by atoms with Crippen LogP contribution in [0.4, 0.5) is 0 Å². The van der Waals surface area contributed by atoms with Crippen molar-refractivity contribution in [1.29, 1.82) is 0 Å². The second-order valence-corrected chi connectivity index (χ2v) is 20.2. The molecule has 2 bridgehead atoms. The second-order valence-electron chi connectivity index (χ2n) is 20.2. The molecule has 67 heavy (non-hydrogen) atoms. The number of rotatable bonds is 8. The molecule has 3 aliphatic heterocycles. The molecular formula is C53H83NO13. The van der Waals surface area contributed by atoms with Crippen LogP contribution in [0, 0.1) is 35.5 Å². The quantitative estimate of drug-likeness (QED) is 0.129. The third-order valence-corrected chi connectivity index (χ3v) is 14.9. The highest BCUT2D eigenvalue weighted by Gasteiger charge is 2.54. The fourth-order valence-corrected chi connectivity index (χ4v) is 10.7. The van der Waals surface area contributed by atoms with Crippen LogP contribution in [-0.2, 0) is 47.7 Å². The van der Waals surface area contributed by atoms with Crippen molar-refractivity contribution in [2.75, 3.05) is 27.9 Å². The minimum Gasteiger partial charge on any atom is -0.460 e. The van der Waals surface area contributed by atoms with E-state index in [1.54, 1.807) is 34.1 Å². The summed E-state index contributed by atoms with van der Waals surface area (Å²) in [5, 5.41) is 34.2. The van der Waals surface area contributed by atoms with Crippen molar-refractivity contribution in [3.63, 3.8) is 0 Å². The molecule has 378 valence electrons. The first kappa shape index (κ1) is 56.2. The maximum absolute atomic E-state index is 14.5. The Hall–Kier alpha value is -3.37. The van der Waals surface area contributed by atoms with E-state index in [2.05, 4.69) is 0 Å². The summed E-state index contributed by atoms with van der Waals surface area (Å²) in [6.07, 6.45) is 12.4. The van der Waals surface area contributed by atoms with Crippen LogP contribution in [0.1, 0.15) is 138 Å². The molecule has 2 saturated heterocycles. The van der Waals surface area contributed by atoms with E-state index >= 15 is 0 Å². The van der Waals surface area contributed by atoms with Crippen LogP contribution < -0.4 is 0 Å². The molecule has 4 aliphatic rings. The molecule has 0 aromatic heterocycles. The van der Waals surface area contributed by atoms with Gasteiger partial charge in [-0.1, -0.05) is 77.5 Å². The Balaban J connectivity index is 1.73. The fourth-order valence-electron chi connectivity index (χ4n) is 10.7. The lowest BCUT2D eigenvalue weighted by molar-refractivity contribution is -0.269. The fraction of sp³-hybridized carbons (Fsp3) is 0.755. The van der Waals surface area contributed by atoms with Gasteiger partial charge in [-0.05, 0) is 113 Å². The number of hydrogen-bond donors (Lipinski definition) is 3. The predicted molar refractivity (Wildman–Crippen MR) is 254 cm³/mol. The molecule has 0 spiro atoms. The first-order valence-electron chi connectivity index (χ1n) is 25.0. The van der Waals surface area contributed by atoms with Gasteiger partial charge in [0.1, 0.15) is 30.1 Å². The van der Waals surface area contributed by atoms with Crippen molar-refractivity contribution >= 4 is 29.2 Å². The molecule has 3 N–H and O–H groups in total. The molecule has 0 aromatic rings. The van der Waals surface area contributed by atoms with Gasteiger partial charge in [0.25, 0.3) is 11.7 Å². The Morgan fingerprint density at radius 3 is 2.27 bits per heavy atom. The zero-order valence-electron chi connectivity index (χ0n) is 42.0. The predicted octanol–water partition coefficient (Wildman–Crippen LogP) is 6.96. The number of esters is 1. The maximum Gasteiger partial charge on any atom is 0.329 e. The van der Waals surface area contributed by atoms with Gasteiger partial charge in [0.05, 0.1) is 24.4 Å². The average Bonchev–Trinajstić information content (AvgIpc) is 3.30. The summed E-state index contributed by atoms with van der Waals surface area (Å²) in [5.41, 5.74) is 1.27. The van der Waals surface area contributed by atoms with Gasteiger partial charge in [0, 0.05) is 58.5 Å². The summed E-state index contributed by atoms with van der Waals surface area (Å²) in [6.45, 7) is 13.1. The van der Waals surface area contributed by atoms with Crippen molar-refractivity contribution in [1.82, 2.24) is 4.90 Å². The van der Waals surface area contributed by atoms with Crippen LogP contribution >= 0.6 is 0 Å². The van der Waals surface area contributed by atoms with Gasteiger partial charge in [-0.25, -0.2) is 4.79 Å². The number of nitrogens with zero attached hydrogens (tertiary/aromatic N) is 1. The number of amides is 1. The molecule has 14 heteroatoms. The summed E-state index contributed by atoms with van der Waals surface area (Å²) in [5.74, 6) is -7.83. The zero-order chi connectivity index (χ0) is 49.6. The van der Waals surface area contributed by atoms with E-state index in [0.29, 0.717) is 76.2 Å². The molecule has 1 amide bonds. The minimum absolute atomic E-state index is 0.0185. The van der Waals surface area contributed by atoms with Gasteiger partial charge in [-0.15, -0.1) is 0 Å². The zero-order valence-corrected chi connectivity index (χ0v) is 42.0. The summed E-state index contributed by atoms with van der Waals surface area (Å²) >= 11 is 0. The van der Waals surface area contributed by atoms with Crippen LogP contribution in [0.2, 0.25) is 0 Å². The van der Waals surface area contributed by atoms with Crippen LogP contribution in [0.25, 0.3) is 0 Å². The summed E-state index contributed by atoms with van der Waals surface area (Å²) in [4.78, 5) is 72.5. The molecule has 4 rings (SSSR count). The van der Waals surface area contributed by atoms with E-state index in [1.165, 1.54) is 12.0 Å². The van der Waals surface area contributed by atoms with Gasteiger partial charge >= 0.3 is 5.97 Å². The minimum atomic E-state index is -2.42. The first-order valence-corrected chi connectivity index (χ1v) is 25.0. The number of piperidine rings is 1. The first-order chi connectivity index (χ1) is 31.8. The van der Waals surface area contributed by atoms with E-state index in [1.807, 2.05) is 65.0 Å². The number of Topliss-reactive ketones (excluding diaryl/α,β-unsaturated/α-hetero) is 3. The second kappa shape index (κ2) is 26.6. The Kier molecular flexibility index (Phi) is 22.3. The van der Waals surface area contributed by atoms with E-state index in [0.717, 1.165) is 12.0 Å². The highest BCUT2D eigenvalue weighted by molar-refractivity contribution is 6.39. The van der Waals surface area contributed by atoms with E-state index in [4.69, 9.17) is 23.7 Å². The lowest BCUT2D eigenvalue weighted by atomic mass is 9.78. The van der Waals surface area contributed by atoms with Gasteiger partial charge in [-0.2, -0.15) is 0 Å².